The largest absolute Gasteiger partial charge is 0.390 e. The van der Waals surface area contributed by atoms with E-state index >= 15 is 0 Å². The zero-order valence-corrected chi connectivity index (χ0v) is 15.6. The maximum atomic E-state index is 10.3. The average Bonchev–Trinajstić information content (AvgIpc) is 2.97. The first-order valence-corrected chi connectivity index (χ1v) is 9.10. The van der Waals surface area contributed by atoms with Crippen molar-refractivity contribution >= 4 is 11.3 Å². The summed E-state index contributed by atoms with van der Waals surface area (Å²) in [6.07, 6.45) is -0.277. The highest BCUT2D eigenvalue weighted by atomic mass is 32.1. The van der Waals surface area contributed by atoms with Crippen LogP contribution in [-0.4, -0.2) is 91.4 Å². The topological polar surface area (TPSA) is 52.1 Å². The van der Waals surface area contributed by atoms with E-state index in [1.54, 1.807) is 18.4 Å². The van der Waals surface area contributed by atoms with Crippen molar-refractivity contribution in [3.8, 4) is 0 Å². The lowest BCUT2D eigenvalue weighted by molar-refractivity contribution is 0.0591. The molecular weight excluding hydrogens is 312 g/mol. The Morgan fingerprint density at radius 1 is 1.39 bits per heavy atom. The molecule has 0 saturated carbocycles. The van der Waals surface area contributed by atoms with Gasteiger partial charge in [0.25, 0.3) is 0 Å². The molecule has 1 N–H and O–H groups in total. The maximum Gasteiger partial charge on any atom is 0.122 e. The Hall–Kier alpha value is -0.570. The molecule has 1 fully saturated rings. The fraction of sp³-hybridized carbons (Fsp3) is 0.812. The molecule has 23 heavy (non-hydrogen) atoms. The van der Waals surface area contributed by atoms with Gasteiger partial charge in [-0.3, -0.25) is 9.80 Å². The number of thiazole rings is 1. The number of piperazine rings is 1. The first kappa shape index (κ1) is 18.8. The zero-order chi connectivity index (χ0) is 16.8. The Labute approximate surface area is 143 Å². The second kappa shape index (κ2) is 9.05. The fourth-order valence-electron chi connectivity index (χ4n) is 2.77. The lowest BCUT2D eigenvalue weighted by Gasteiger charge is -2.34. The minimum Gasteiger partial charge on any atom is -0.390 e. The van der Waals surface area contributed by atoms with Gasteiger partial charge in [0.1, 0.15) is 11.1 Å². The quantitative estimate of drug-likeness (QED) is 0.757. The second-order valence-electron chi connectivity index (χ2n) is 6.51. The number of aromatic nitrogens is 1. The highest BCUT2D eigenvalue weighted by molar-refractivity contribution is 7.09. The number of nitrogens with zero attached hydrogens (tertiary/aromatic N) is 4. The van der Waals surface area contributed by atoms with Gasteiger partial charge in [-0.05, 0) is 21.0 Å². The summed E-state index contributed by atoms with van der Waals surface area (Å²) in [5.41, 5.74) is 1.04. The minimum atomic E-state index is -0.320. The van der Waals surface area contributed by atoms with Crippen LogP contribution in [0, 0.1) is 0 Å². The van der Waals surface area contributed by atoms with Gasteiger partial charge in [-0.25, -0.2) is 4.98 Å². The van der Waals surface area contributed by atoms with Crippen molar-refractivity contribution in [2.45, 2.75) is 25.7 Å². The molecule has 0 bridgehead atoms. The molecule has 0 aliphatic carbocycles. The molecule has 7 heteroatoms. The van der Waals surface area contributed by atoms with E-state index in [-0.39, 0.29) is 12.2 Å². The Balaban J connectivity index is 1.73. The molecule has 0 radical (unpaired) electrons. The van der Waals surface area contributed by atoms with Crippen LogP contribution in [0.3, 0.4) is 0 Å². The van der Waals surface area contributed by atoms with Gasteiger partial charge in [-0.15, -0.1) is 11.3 Å². The molecule has 2 rings (SSSR count). The van der Waals surface area contributed by atoms with Gasteiger partial charge in [0.2, 0.25) is 0 Å². The van der Waals surface area contributed by atoms with Crippen molar-refractivity contribution in [3.63, 3.8) is 0 Å². The number of rotatable bonds is 8. The number of ether oxygens (including phenoxy) is 1. The second-order valence-corrected chi connectivity index (χ2v) is 7.40. The van der Waals surface area contributed by atoms with Crippen molar-refractivity contribution < 1.29 is 9.84 Å². The summed E-state index contributed by atoms with van der Waals surface area (Å²) < 4.78 is 5.30. The molecule has 0 spiro atoms. The van der Waals surface area contributed by atoms with Crippen molar-refractivity contribution in [3.05, 3.63) is 16.1 Å². The molecule has 1 saturated heterocycles. The van der Waals surface area contributed by atoms with Crippen molar-refractivity contribution in [1.82, 2.24) is 19.7 Å². The van der Waals surface area contributed by atoms with Gasteiger partial charge in [0.05, 0.1) is 11.8 Å². The number of likely N-dealkylation sites (N-methyl/N-ethyl adjacent to an activating group) is 2. The summed E-state index contributed by atoms with van der Waals surface area (Å²) >= 11 is 1.63. The number of hydrogen-bond donors (Lipinski definition) is 1. The van der Waals surface area contributed by atoms with Crippen molar-refractivity contribution in [2.75, 3.05) is 60.5 Å². The van der Waals surface area contributed by atoms with Crippen LogP contribution in [0.4, 0.5) is 0 Å². The van der Waals surface area contributed by atoms with E-state index in [4.69, 9.17) is 4.74 Å². The number of methoxy groups -OCH3 is 1. The van der Waals surface area contributed by atoms with E-state index in [0.29, 0.717) is 6.54 Å². The Morgan fingerprint density at radius 2 is 2.09 bits per heavy atom. The molecule has 2 unspecified atom stereocenters. The average molecular weight is 343 g/mol. The molecule has 0 aromatic carbocycles. The molecule has 1 aromatic rings. The van der Waals surface area contributed by atoms with E-state index in [1.807, 2.05) is 14.0 Å². The molecule has 1 aliphatic heterocycles. The smallest absolute Gasteiger partial charge is 0.122 e. The summed E-state index contributed by atoms with van der Waals surface area (Å²) in [5.74, 6) is 0. The third kappa shape index (κ3) is 6.10. The Bertz CT molecular complexity index is 463. The van der Waals surface area contributed by atoms with E-state index in [0.717, 1.165) is 50.0 Å². The lowest BCUT2D eigenvalue weighted by atomic mass is 10.2. The third-order valence-corrected chi connectivity index (χ3v) is 5.34. The van der Waals surface area contributed by atoms with Crippen LogP contribution in [0.1, 0.15) is 23.7 Å². The highest BCUT2D eigenvalue weighted by Gasteiger charge is 2.18. The van der Waals surface area contributed by atoms with Crippen LogP contribution in [0.2, 0.25) is 0 Å². The van der Waals surface area contributed by atoms with Crippen molar-refractivity contribution in [1.29, 1.82) is 0 Å². The van der Waals surface area contributed by atoms with Crippen molar-refractivity contribution in [2.24, 2.45) is 0 Å². The number of aliphatic hydroxyl groups excluding tert-OH is 1. The lowest BCUT2D eigenvalue weighted by Crippen LogP contribution is -2.48. The van der Waals surface area contributed by atoms with Crippen LogP contribution < -0.4 is 0 Å². The summed E-state index contributed by atoms with van der Waals surface area (Å²) in [5, 5.41) is 13.4. The number of aliphatic hydroxyl groups is 1. The zero-order valence-electron chi connectivity index (χ0n) is 14.7. The van der Waals surface area contributed by atoms with Crippen LogP contribution >= 0.6 is 11.3 Å². The van der Waals surface area contributed by atoms with Crippen LogP contribution in [0.15, 0.2) is 5.38 Å². The molecule has 2 atom stereocenters. The molecule has 6 nitrogen and oxygen atoms in total. The predicted octanol–water partition coefficient (Wildman–Crippen LogP) is 0.891. The molecule has 0 amide bonds. The summed E-state index contributed by atoms with van der Waals surface area (Å²) in [7, 11) is 5.88. The SMILES string of the molecule is COC(C)c1nc(CN(C)CC(O)CN2CCN(C)CC2)cs1. The Morgan fingerprint density at radius 3 is 2.74 bits per heavy atom. The van der Waals surface area contributed by atoms with Crippen LogP contribution in [0.25, 0.3) is 0 Å². The first-order valence-electron chi connectivity index (χ1n) is 8.22. The number of β-amino-alcohol motifs (C(OH)–C–C–N with tert-alkyl or cyclic N) is 1. The standard InChI is InChI=1S/C16H30N4O2S/c1-13(22-4)16-17-14(12-23-16)9-19(3)10-15(21)11-20-7-5-18(2)6-8-20/h12-13,15,21H,5-11H2,1-4H3. The summed E-state index contributed by atoms with van der Waals surface area (Å²) in [6, 6.07) is 0. The Kier molecular flexibility index (Phi) is 7.39. The summed E-state index contributed by atoms with van der Waals surface area (Å²) in [6.45, 7) is 8.44. The maximum absolute atomic E-state index is 10.3. The predicted molar refractivity (Wildman–Crippen MR) is 93.8 cm³/mol. The molecule has 132 valence electrons. The van der Waals surface area contributed by atoms with Gasteiger partial charge in [0, 0.05) is 58.3 Å². The van der Waals surface area contributed by atoms with E-state index < -0.39 is 0 Å². The summed E-state index contributed by atoms with van der Waals surface area (Å²) in [4.78, 5) is 11.4. The fourth-order valence-corrected chi connectivity index (χ4v) is 3.61. The molecule has 2 heterocycles. The highest BCUT2D eigenvalue weighted by Crippen LogP contribution is 2.20. The first-order chi connectivity index (χ1) is 11.0. The van der Waals surface area contributed by atoms with E-state index in [1.165, 1.54) is 0 Å². The van der Waals surface area contributed by atoms with Crippen LogP contribution in [-0.2, 0) is 11.3 Å². The van der Waals surface area contributed by atoms with Gasteiger partial charge >= 0.3 is 0 Å². The van der Waals surface area contributed by atoms with Gasteiger partial charge in [0.15, 0.2) is 0 Å². The minimum absolute atomic E-state index is 0.0434. The van der Waals surface area contributed by atoms with Gasteiger partial charge in [-0.2, -0.15) is 0 Å². The molecular formula is C16H30N4O2S. The van der Waals surface area contributed by atoms with Crippen LogP contribution in [0.5, 0.6) is 0 Å². The number of hydrogen-bond acceptors (Lipinski definition) is 7. The van der Waals surface area contributed by atoms with Gasteiger partial charge in [-0.1, -0.05) is 0 Å². The van der Waals surface area contributed by atoms with Gasteiger partial charge < -0.3 is 14.7 Å². The normalized spacial score (nSPS) is 20.1. The molecule has 1 aromatic heterocycles. The van der Waals surface area contributed by atoms with E-state index in [2.05, 4.69) is 32.1 Å². The monoisotopic (exact) mass is 342 g/mol. The molecule has 1 aliphatic rings. The third-order valence-electron chi connectivity index (χ3n) is 4.29. The van der Waals surface area contributed by atoms with E-state index in [9.17, 15) is 5.11 Å².